The van der Waals surface area contributed by atoms with Crippen LogP contribution >= 0.6 is 0 Å². The molecule has 1 aromatic rings. The summed E-state index contributed by atoms with van der Waals surface area (Å²) < 4.78 is 13.5. The molecule has 114 valence electrons. The lowest BCUT2D eigenvalue weighted by atomic mass is 9.95. The van der Waals surface area contributed by atoms with Gasteiger partial charge in [-0.25, -0.2) is 4.39 Å². The number of carbonyl (C=O) groups is 2. The Hall–Kier alpha value is -1.95. The van der Waals surface area contributed by atoms with E-state index >= 15 is 0 Å². The van der Waals surface area contributed by atoms with Crippen molar-refractivity contribution in [1.82, 2.24) is 0 Å². The summed E-state index contributed by atoms with van der Waals surface area (Å²) >= 11 is 0. The van der Waals surface area contributed by atoms with Gasteiger partial charge in [0.1, 0.15) is 5.82 Å². The fraction of sp³-hybridized carbons (Fsp3) is 0.467. The average molecular weight is 293 g/mol. The minimum Gasteiger partial charge on any atom is -0.330 e. The van der Waals surface area contributed by atoms with Crippen LogP contribution in [0.4, 0.5) is 15.8 Å². The van der Waals surface area contributed by atoms with Gasteiger partial charge in [-0.15, -0.1) is 0 Å². The van der Waals surface area contributed by atoms with Gasteiger partial charge in [0.05, 0.1) is 5.69 Å². The molecule has 1 saturated carbocycles. The zero-order valence-electron chi connectivity index (χ0n) is 12.0. The maximum Gasteiger partial charge on any atom is 0.227 e. The molecular formula is C15H20FN3O2. The first kappa shape index (κ1) is 15.4. The number of benzene rings is 1. The van der Waals surface area contributed by atoms with Crippen molar-refractivity contribution in [3.63, 3.8) is 0 Å². The van der Waals surface area contributed by atoms with Crippen LogP contribution in [0.2, 0.25) is 0 Å². The van der Waals surface area contributed by atoms with Crippen molar-refractivity contribution in [2.75, 3.05) is 17.2 Å². The highest BCUT2D eigenvalue weighted by Crippen LogP contribution is 2.32. The first-order valence-corrected chi connectivity index (χ1v) is 7.09. The Morgan fingerprint density at radius 1 is 1.33 bits per heavy atom. The van der Waals surface area contributed by atoms with Gasteiger partial charge in [-0.2, -0.15) is 0 Å². The molecule has 2 atom stereocenters. The van der Waals surface area contributed by atoms with Crippen LogP contribution in [0.3, 0.4) is 0 Å². The molecule has 0 bridgehead atoms. The molecule has 1 fully saturated rings. The summed E-state index contributed by atoms with van der Waals surface area (Å²) in [6.07, 6.45) is 2.79. The van der Waals surface area contributed by atoms with E-state index in [1.165, 1.54) is 25.1 Å². The molecule has 1 aliphatic carbocycles. The van der Waals surface area contributed by atoms with Crippen LogP contribution in [0.5, 0.6) is 0 Å². The molecule has 21 heavy (non-hydrogen) atoms. The molecule has 0 radical (unpaired) electrons. The SMILES string of the molecule is CC(=O)Nc1cc(NC(=O)[C@@H]2CCC[C@@H]2CN)ccc1F. The quantitative estimate of drug-likeness (QED) is 0.794. The Bertz CT molecular complexity index is 548. The topological polar surface area (TPSA) is 84.2 Å². The van der Waals surface area contributed by atoms with E-state index in [1.807, 2.05) is 0 Å². The number of anilines is 2. The Labute approximate surface area is 123 Å². The van der Waals surface area contributed by atoms with Crippen molar-refractivity contribution in [3.05, 3.63) is 24.0 Å². The van der Waals surface area contributed by atoms with Gasteiger partial charge in [0.25, 0.3) is 0 Å². The molecular weight excluding hydrogens is 273 g/mol. The molecule has 4 N–H and O–H groups in total. The number of hydrogen-bond donors (Lipinski definition) is 3. The summed E-state index contributed by atoms with van der Waals surface area (Å²) in [5, 5.41) is 5.17. The molecule has 0 saturated heterocycles. The van der Waals surface area contributed by atoms with E-state index in [0.29, 0.717) is 12.2 Å². The third kappa shape index (κ3) is 3.78. The molecule has 1 aromatic carbocycles. The van der Waals surface area contributed by atoms with E-state index < -0.39 is 5.82 Å². The third-order valence-corrected chi connectivity index (χ3v) is 3.84. The normalized spacial score (nSPS) is 21.1. The number of halogens is 1. The van der Waals surface area contributed by atoms with Gasteiger partial charge < -0.3 is 16.4 Å². The zero-order chi connectivity index (χ0) is 15.4. The molecule has 1 aliphatic rings. The van der Waals surface area contributed by atoms with E-state index in [0.717, 1.165) is 19.3 Å². The lowest BCUT2D eigenvalue weighted by Gasteiger charge is -2.17. The van der Waals surface area contributed by atoms with Gasteiger partial charge in [0, 0.05) is 18.5 Å². The highest BCUT2D eigenvalue weighted by atomic mass is 19.1. The largest absolute Gasteiger partial charge is 0.330 e. The number of hydrogen-bond acceptors (Lipinski definition) is 3. The van der Waals surface area contributed by atoms with Crippen LogP contribution in [0.1, 0.15) is 26.2 Å². The van der Waals surface area contributed by atoms with Crippen molar-refractivity contribution in [1.29, 1.82) is 0 Å². The Morgan fingerprint density at radius 2 is 2.10 bits per heavy atom. The molecule has 2 rings (SSSR count). The van der Waals surface area contributed by atoms with Gasteiger partial charge in [0.15, 0.2) is 0 Å². The standard InChI is InChI=1S/C15H20FN3O2/c1-9(20)18-14-7-11(5-6-13(14)16)19-15(21)12-4-2-3-10(12)8-17/h5-7,10,12H,2-4,8,17H2,1H3,(H,18,20)(H,19,21)/t10-,12-/m1/s1. The maximum atomic E-state index is 13.5. The van der Waals surface area contributed by atoms with Gasteiger partial charge in [-0.1, -0.05) is 6.42 Å². The predicted octanol–water partition coefficient (Wildman–Crippen LogP) is 2.10. The number of carbonyl (C=O) groups excluding carboxylic acids is 2. The molecule has 2 amide bonds. The summed E-state index contributed by atoms with van der Waals surface area (Å²) in [5.74, 6) is -0.881. The second-order valence-corrected chi connectivity index (χ2v) is 5.40. The molecule has 6 heteroatoms. The number of rotatable bonds is 4. The molecule has 5 nitrogen and oxygen atoms in total. The smallest absolute Gasteiger partial charge is 0.227 e. The zero-order valence-corrected chi connectivity index (χ0v) is 12.0. The Morgan fingerprint density at radius 3 is 2.76 bits per heavy atom. The summed E-state index contributed by atoms with van der Waals surface area (Å²) in [6.45, 7) is 1.80. The predicted molar refractivity (Wildman–Crippen MR) is 79.2 cm³/mol. The highest BCUT2D eigenvalue weighted by molar-refractivity contribution is 5.94. The number of nitrogens with two attached hydrogens (primary N) is 1. The minimum absolute atomic E-state index is 0.0575. The monoisotopic (exact) mass is 293 g/mol. The molecule has 0 aromatic heterocycles. The Kier molecular flexibility index (Phi) is 4.90. The lowest BCUT2D eigenvalue weighted by molar-refractivity contribution is -0.120. The third-order valence-electron chi connectivity index (χ3n) is 3.84. The van der Waals surface area contributed by atoms with Gasteiger partial charge >= 0.3 is 0 Å². The molecule has 0 spiro atoms. The summed E-state index contributed by atoms with van der Waals surface area (Å²) in [4.78, 5) is 23.3. The van der Waals surface area contributed by atoms with Crippen molar-refractivity contribution in [3.8, 4) is 0 Å². The summed E-state index contributed by atoms with van der Waals surface area (Å²) in [7, 11) is 0. The van der Waals surface area contributed by atoms with E-state index in [2.05, 4.69) is 10.6 Å². The maximum absolute atomic E-state index is 13.5. The van der Waals surface area contributed by atoms with Crippen LogP contribution in [0.15, 0.2) is 18.2 Å². The summed E-state index contributed by atoms with van der Waals surface area (Å²) in [5.41, 5.74) is 6.20. The first-order valence-electron chi connectivity index (χ1n) is 7.09. The molecule has 0 aliphatic heterocycles. The molecule has 0 unspecified atom stereocenters. The van der Waals surface area contributed by atoms with Gasteiger partial charge in [0.2, 0.25) is 11.8 Å². The first-order chi connectivity index (χ1) is 10.0. The lowest BCUT2D eigenvalue weighted by Crippen LogP contribution is -2.29. The van der Waals surface area contributed by atoms with E-state index in [-0.39, 0.29) is 29.3 Å². The van der Waals surface area contributed by atoms with Gasteiger partial charge in [-0.3, -0.25) is 9.59 Å². The number of amides is 2. The summed E-state index contributed by atoms with van der Waals surface area (Å²) in [6, 6.07) is 4.11. The van der Waals surface area contributed by atoms with Crippen LogP contribution < -0.4 is 16.4 Å². The van der Waals surface area contributed by atoms with Crippen LogP contribution in [0, 0.1) is 17.7 Å². The van der Waals surface area contributed by atoms with Crippen molar-refractivity contribution in [2.24, 2.45) is 17.6 Å². The molecule has 0 heterocycles. The van der Waals surface area contributed by atoms with E-state index in [1.54, 1.807) is 0 Å². The minimum atomic E-state index is -0.538. The second kappa shape index (κ2) is 6.67. The van der Waals surface area contributed by atoms with E-state index in [4.69, 9.17) is 5.73 Å². The van der Waals surface area contributed by atoms with Crippen LogP contribution in [-0.4, -0.2) is 18.4 Å². The van der Waals surface area contributed by atoms with Crippen LogP contribution in [0.25, 0.3) is 0 Å². The highest BCUT2D eigenvalue weighted by Gasteiger charge is 2.31. The van der Waals surface area contributed by atoms with E-state index in [9.17, 15) is 14.0 Å². The van der Waals surface area contributed by atoms with Crippen molar-refractivity contribution < 1.29 is 14.0 Å². The van der Waals surface area contributed by atoms with Crippen LogP contribution in [-0.2, 0) is 9.59 Å². The van der Waals surface area contributed by atoms with Gasteiger partial charge in [-0.05, 0) is 43.5 Å². The number of nitrogens with one attached hydrogen (secondary N) is 2. The fourth-order valence-electron chi connectivity index (χ4n) is 2.79. The fourth-order valence-corrected chi connectivity index (χ4v) is 2.79. The average Bonchev–Trinajstić information content (AvgIpc) is 2.90. The second-order valence-electron chi connectivity index (χ2n) is 5.40. The Balaban J connectivity index is 2.08. The van der Waals surface area contributed by atoms with Crippen molar-refractivity contribution >= 4 is 23.2 Å². The van der Waals surface area contributed by atoms with Crippen molar-refractivity contribution in [2.45, 2.75) is 26.2 Å².